The summed E-state index contributed by atoms with van der Waals surface area (Å²) in [5.74, 6) is 0. The maximum absolute atomic E-state index is 9.44. The van der Waals surface area contributed by atoms with Crippen LogP contribution >= 0.6 is 0 Å². The molecule has 0 aromatic carbocycles. The van der Waals surface area contributed by atoms with Crippen molar-refractivity contribution in [1.82, 2.24) is 4.90 Å². The first-order valence-corrected chi connectivity index (χ1v) is 4.88. The van der Waals surface area contributed by atoms with E-state index < -0.39 is 0 Å². The highest BCUT2D eigenvalue weighted by molar-refractivity contribution is 5.03. The molecule has 4 fully saturated rings. The fourth-order valence-corrected chi connectivity index (χ4v) is 2.87. The Morgan fingerprint density at radius 2 is 1.67 bits per heavy atom. The fourth-order valence-electron chi connectivity index (χ4n) is 2.87. The molecular formula is C9H15NO2. The van der Waals surface area contributed by atoms with E-state index in [1.807, 2.05) is 0 Å². The molecule has 0 aromatic rings. The molecule has 4 rings (SSSR count). The van der Waals surface area contributed by atoms with E-state index in [1.54, 1.807) is 0 Å². The normalized spacial score (nSPS) is 48.2. The SMILES string of the molecule is OC1CC2CC(C1)N2C1COC1. The van der Waals surface area contributed by atoms with Crippen LogP contribution in [-0.2, 0) is 4.74 Å². The van der Waals surface area contributed by atoms with Crippen LogP contribution in [0, 0.1) is 0 Å². The zero-order valence-corrected chi connectivity index (χ0v) is 7.15. The van der Waals surface area contributed by atoms with Crippen LogP contribution in [0.1, 0.15) is 19.3 Å². The summed E-state index contributed by atoms with van der Waals surface area (Å²) in [6.45, 7) is 1.84. The number of aliphatic hydroxyl groups excluding tert-OH is 1. The van der Waals surface area contributed by atoms with Crippen molar-refractivity contribution in [2.75, 3.05) is 13.2 Å². The van der Waals surface area contributed by atoms with Gasteiger partial charge in [0.15, 0.2) is 0 Å². The van der Waals surface area contributed by atoms with Crippen LogP contribution in [0.3, 0.4) is 0 Å². The lowest BCUT2D eigenvalue weighted by atomic mass is 9.76. The minimum atomic E-state index is -0.0222. The lowest BCUT2D eigenvalue weighted by Crippen LogP contribution is -2.69. The van der Waals surface area contributed by atoms with Gasteiger partial charge in [-0.1, -0.05) is 0 Å². The van der Waals surface area contributed by atoms with E-state index in [0.29, 0.717) is 18.1 Å². The van der Waals surface area contributed by atoms with E-state index in [0.717, 1.165) is 26.1 Å². The molecule has 2 unspecified atom stereocenters. The predicted molar refractivity (Wildman–Crippen MR) is 43.9 cm³/mol. The smallest absolute Gasteiger partial charge is 0.0645 e. The maximum atomic E-state index is 9.44. The third-order valence-corrected chi connectivity index (χ3v) is 3.52. The maximum Gasteiger partial charge on any atom is 0.0645 e. The third kappa shape index (κ3) is 0.873. The van der Waals surface area contributed by atoms with Crippen LogP contribution in [0.4, 0.5) is 0 Å². The number of ether oxygens (including phenoxy) is 1. The van der Waals surface area contributed by atoms with E-state index in [2.05, 4.69) is 4.90 Å². The molecule has 1 N–H and O–H groups in total. The molecule has 1 aliphatic carbocycles. The highest BCUT2D eigenvalue weighted by atomic mass is 16.5. The van der Waals surface area contributed by atoms with E-state index in [1.165, 1.54) is 6.42 Å². The van der Waals surface area contributed by atoms with Crippen molar-refractivity contribution in [2.24, 2.45) is 0 Å². The van der Waals surface area contributed by atoms with E-state index in [4.69, 9.17) is 4.74 Å². The highest BCUT2D eigenvalue weighted by Crippen LogP contribution is 2.40. The van der Waals surface area contributed by atoms with Crippen LogP contribution in [0.15, 0.2) is 0 Å². The quantitative estimate of drug-likeness (QED) is 0.599. The molecule has 3 heterocycles. The molecule has 68 valence electrons. The van der Waals surface area contributed by atoms with Crippen molar-refractivity contribution in [1.29, 1.82) is 0 Å². The van der Waals surface area contributed by atoms with Crippen molar-refractivity contribution < 1.29 is 9.84 Å². The van der Waals surface area contributed by atoms with Crippen LogP contribution in [-0.4, -0.2) is 47.4 Å². The van der Waals surface area contributed by atoms with Gasteiger partial charge in [-0.2, -0.15) is 0 Å². The minimum Gasteiger partial charge on any atom is -0.393 e. The highest BCUT2D eigenvalue weighted by Gasteiger charge is 2.49. The first-order chi connectivity index (χ1) is 5.84. The molecule has 2 atom stereocenters. The van der Waals surface area contributed by atoms with E-state index in [9.17, 15) is 5.11 Å². The summed E-state index contributed by atoms with van der Waals surface area (Å²) in [6.07, 6.45) is 3.28. The molecule has 0 amide bonds. The second-order valence-corrected chi connectivity index (χ2v) is 4.31. The molecule has 0 spiro atoms. The van der Waals surface area contributed by atoms with Gasteiger partial charge in [0.05, 0.1) is 25.4 Å². The van der Waals surface area contributed by atoms with Crippen LogP contribution in [0.2, 0.25) is 0 Å². The van der Waals surface area contributed by atoms with Crippen LogP contribution in [0.25, 0.3) is 0 Å². The van der Waals surface area contributed by atoms with Gasteiger partial charge in [-0.05, 0) is 19.3 Å². The molecule has 2 bridgehead atoms. The number of rotatable bonds is 1. The number of hydrogen-bond donors (Lipinski definition) is 1. The molecule has 0 aromatic heterocycles. The molecular weight excluding hydrogens is 154 g/mol. The van der Waals surface area contributed by atoms with Gasteiger partial charge in [0.1, 0.15) is 0 Å². The topological polar surface area (TPSA) is 32.7 Å². The molecule has 3 saturated heterocycles. The molecule has 4 aliphatic rings. The average molecular weight is 169 g/mol. The van der Waals surface area contributed by atoms with Crippen LogP contribution in [0.5, 0.6) is 0 Å². The summed E-state index contributed by atoms with van der Waals surface area (Å²) in [6, 6.07) is 2.03. The van der Waals surface area contributed by atoms with Crippen molar-refractivity contribution >= 4 is 0 Å². The Morgan fingerprint density at radius 1 is 1.00 bits per heavy atom. The zero-order valence-electron chi connectivity index (χ0n) is 7.15. The minimum absolute atomic E-state index is 0.0222. The Labute approximate surface area is 72.3 Å². The lowest BCUT2D eigenvalue weighted by molar-refractivity contribution is -0.171. The van der Waals surface area contributed by atoms with Gasteiger partial charge in [-0.15, -0.1) is 0 Å². The number of nitrogens with zero attached hydrogens (tertiary/aromatic N) is 1. The summed E-state index contributed by atoms with van der Waals surface area (Å²) in [4.78, 5) is 2.57. The summed E-state index contributed by atoms with van der Waals surface area (Å²) < 4.78 is 5.18. The van der Waals surface area contributed by atoms with Gasteiger partial charge in [0.2, 0.25) is 0 Å². The Bertz CT molecular complexity index is 181. The van der Waals surface area contributed by atoms with Crippen molar-refractivity contribution in [3.8, 4) is 0 Å². The second-order valence-electron chi connectivity index (χ2n) is 4.31. The second kappa shape index (κ2) is 2.44. The van der Waals surface area contributed by atoms with Crippen molar-refractivity contribution in [3.63, 3.8) is 0 Å². The summed E-state index contributed by atoms with van der Waals surface area (Å²) >= 11 is 0. The van der Waals surface area contributed by atoms with Gasteiger partial charge < -0.3 is 9.84 Å². The molecule has 0 radical (unpaired) electrons. The zero-order chi connectivity index (χ0) is 8.13. The predicted octanol–water partition coefficient (Wildman–Crippen LogP) is -0.0172. The van der Waals surface area contributed by atoms with E-state index >= 15 is 0 Å². The van der Waals surface area contributed by atoms with Gasteiger partial charge in [-0.25, -0.2) is 0 Å². The average Bonchev–Trinajstić information content (AvgIpc) is 1.96. The number of piperidine rings is 1. The van der Waals surface area contributed by atoms with Crippen LogP contribution < -0.4 is 0 Å². The van der Waals surface area contributed by atoms with Gasteiger partial charge >= 0.3 is 0 Å². The Kier molecular flexibility index (Phi) is 1.48. The Morgan fingerprint density at radius 3 is 2.17 bits per heavy atom. The molecule has 1 saturated carbocycles. The first kappa shape index (κ1) is 7.30. The Balaban J connectivity index is 1.67. The lowest BCUT2D eigenvalue weighted by Gasteiger charge is -2.59. The van der Waals surface area contributed by atoms with E-state index in [-0.39, 0.29) is 6.10 Å². The monoisotopic (exact) mass is 169 g/mol. The molecule has 3 heteroatoms. The van der Waals surface area contributed by atoms with Gasteiger partial charge in [0.25, 0.3) is 0 Å². The summed E-state index contributed by atoms with van der Waals surface area (Å²) in [5.41, 5.74) is 0. The van der Waals surface area contributed by atoms with Crippen molar-refractivity contribution in [2.45, 2.75) is 43.5 Å². The molecule has 3 nitrogen and oxygen atoms in total. The largest absolute Gasteiger partial charge is 0.393 e. The third-order valence-electron chi connectivity index (χ3n) is 3.52. The summed E-state index contributed by atoms with van der Waals surface area (Å²) in [5, 5.41) is 9.44. The number of fused-ring (bicyclic) bond motifs is 2. The fraction of sp³-hybridized carbons (Fsp3) is 1.00. The number of aliphatic hydroxyl groups is 1. The number of hydrogen-bond acceptors (Lipinski definition) is 3. The molecule has 12 heavy (non-hydrogen) atoms. The van der Waals surface area contributed by atoms with Crippen molar-refractivity contribution in [3.05, 3.63) is 0 Å². The first-order valence-electron chi connectivity index (χ1n) is 4.88. The standard InChI is InChI=1S/C9H15NO2/c11-9-2-6-1-7(3-9)10(6)8-4-12-5-8/h6-9,11H,1-5H2. The van der Waals surface area contributed by atoms with Gasteiger partial charge in [0, 0.05) is 12.1 Å². The summed E-state index contributed by atoms with van der Waals surface area (Å²) in [7, 11) is 0. The Hall–Kier alpha value is -0.120. The van der Waals surface area contributed by atoms with Gasteiger partial charge in [-0.3, -0.25) is 4.90 Å². The molecule has 3 aliphatic heterocycles.